The lowest BCUT2D eigenvalue weighted by molar-refractivity contribution is -0.347. The summed E-state index contributed by atoms with van der Waals surface area (Å²) in [5.74, 6) is -0.519. The highest BCUT2D eigenvalue weighted by atomic mass is 35.5. The number of ether oxygens (including phenoxy) is 2. The van der Waals surface area contributed by atoms with Gasteiger partial charge in [0.1, 0.15) is 11.8 Å². The molecule has 0 fully saturated rings. The number of nitrogens with zero attached hydrogens (tertiary/aromatic N) is 1. The Bertz CT molecular complexity index is 1010. The molecule has 138 valence electrons. The van der Waals surface area contributed by atoms with Crippen LogP contribution in [0.3, 0.4) is 0 Å². The van der Waals surface area contributed by atoms with E-state index in [0.29, 0.717) is 32.6 Å². The zero-order valence-corrected chi connectivity index (χ0v) is 15.9. The molecule has 1 aromatic carbocycles. The van der Waals surface area contributed by atoms with Gasteiger partial charge in [0.2, 0.25) is 0 Å². The van der Waals surface area contributed by atoms with Crippen molar-refractivity contribution in [1.82, 2.24) is 4.98 Å². The monoisotopic (exact) mass is 380 g/mol. The second-order valence-corrected chi connectivity index (χ2v) is 7.37. The van der Waals surface area contributed by atoms with E-state index in [0.717, 1.165) is 0 Å². The minimum absolute atomic E-state index is 0.0725. The molecule has 0 saturated heterocycles. The quantitative estimate of drug-likeness (QED) is 0.720. The second kappa shape index (κ2) is 6.32. The number of aromatic amines is 2. The van der Waals surface area contributed by atoms with E-state index >= 15 is 0 Å². The third kappa shape index (κ3) is 3.14. The first-order chi connectivity index (χ1) is 12.1. The molecule has 2 heterocycles. The number of benzene rings is 1. The number of nitrogens with one attached hydrogen (secondary N) is 2. The zero-order chi connectivity index (χ0) is 19.2. The van der Waals surface area contributed by atoms with Gasteiger partial charge in [-0.05, 0) is 26.8 Å². The first kappa shape index (κ1) is 18.3. The van der Waals surface area contributed by atoms with Crippen LogP contribution in [0.2, 0.25) is 5.02 Å². The van der Waals surface area contributed by atoms with Gasteiger partial charge in [0.05, 0.1) is 28.6 Å². The van der Waals surface area contributed by atoms with Gasteiger partial charge in [0.25, 0.3) is 5.65 Å². The molecule has 3 aromatic rings. The average Bonchev–Trinajstić information content (AvgIpc) is 2.90. The summed E-state index contributed by atoms with van der Waals surface area (Å²) in [6.45, 7) is 5.30. The van der Waals surface area contributed by atoms with Crippen LogP contribution in [-0.4, -0.2) is 30.8 Å². The van der Waals surface area contributed by atoms with Crippen LogP contribution in [0.1, 0.15) is 20.8 Å². The predicted octanol–water partition coefficient (Wildman–Crippen LogP) is 4.31. The van der Waals surface area contributed by atoms with Crippen LogP contribution in [0.15, 0.2) is 18.3 Å². The van der Waals surface area contributed by atoms with E-state index in [-0.39, 0.29) is 5.75 Å². The summed E-state index contributed by atoms with van der Waals surface area (Å²) < 4.78 is 25.3. The number of halogens is 2. The molecule has 26 heavy (non-hydrogen) atoms. The molecule has 0 aliphatic rings. The normalized spacial score (nSPS) is 11.8. The van der Waals surface area contributed by atoms with Crippen LogP contribution in [0.4, 0.5) is 14.9 Å². The maximum absolute atomic E-state index is 14.7. The summed E-state index contributed by atoms with van der Waals surface area (Å²) in [5, 5.41) is 1.61. The number of methoxy groups -OCH3 is 1. The molecule has 1 amide bonds. The molecule has 0 radical (unpaired) electrons. The van der Waals surface area contributed by atoms with Crippen molar-refractivity contribution in [2.75, 3.05) is 19.1 Å². The van der Waals surface area contributed by atoms with Gasteiger partial charge < -0.3 is 9.47 Å². The lowest BCUT2D eigenvalue weighted by atomic mass is 10.1. The summed E-state index contributed by atoms with van der Waals surface area (Å²) in [7, 11) is 2.92. The van der Waals surface area contributed by atoms with Gasteiger partial charge in [0, 0.05) is 13.1 Å². The van der Waals surface area contributed by atoms with Crippen LogP contribution in [0.5, 0.6) is 5.75 Å². The van der Waals surface area contributed by atoms with Crippen molar-refractivity contribution in [3.63, 3.8) is 0 Å². The Kier molecular flexibility index (Phi) is 4.44. The van der Waals surface area contributed by atoms with Crippen LogP contribution in [0, 0.1) is 5.82 Å². The Morgan fingerprint density at radius 3 is 2.65 bits per heavy atom. The SMILES string of the molecule is COc1c(F)cc(N(C)C(=O)OC(C)(C)C)c2[nH]c3[nH+]cc(Cl)cc3c12. The van der Waals surface area contributed by atoms with Crippen molar-refractivity contribution in [1.29, 1.82) is 0 Å². The minimum Gasteiger partial charge on any atom is -0.493 e. The first-order valence-corrected chi connectivity index (χ1v) is 8.36. The fraction of sp³-hybridized carbons (Fsp3) is 0.333. The summed E-state index contributed by atoms with van der Waals surface area (Å²) in [5.41, 5.74) is 0.822. The standard InChI is InChI=1S/C18H19ClFN3O3/c1-18(2,3)26-17(24)23(4)12-7-11(20)15(25-5)13-10-6-9(19)8-21-16(10)22-14(12)13/h6-8H,1-5H3,(H,21,22)/p+1. The van der Waals surface area contributed by atoms with Gasteiger partial charge in [-0.3, -0.25) is 4.90 Å². The molecule has 6 nitrogen and oxygen atoms in total. The highest BCUT2D eigenvalue weighted by molar-refractivity contribution is 6.31. The molecule has 2 N–H and O–H groups in total. The van der Waals surface area contributed by atoms with Gasteiger partial charge in [-0.1, -0.05) is 11.6 Å². The van der Waals surface area contributed by atoms with E-state index < -0.39 is 17.5 Å². The molecule has 0 saturated carbocycles. The fourth-order valence-corrected chi connectivity index (χ4v) is 2.95. The van der Waals surface area contributed by atoms with Crippen LogP contribution in [-0.2, 0) is 4.74 Å². The van der Waals surface area contributed by atoms with Crippen molar-refractivity contribution in [2.45, 2.75) is 26.4 Å². The maximum Gasteiger partial charge on any atom is 0.414 e. The van der Waals surface area contributed by atoms with Crippen LogP contribution >= 0.6 is 11.6 Å². The maximum atomic E-state index is 14.7. The number of carbonyl (C=O) groups excluding carboxylic acids is 1. The third-order valence-electron chi connectivity index (χ3n) is 3.87. The Balaban J connectivity index is 2.27. The number of hydrogen-bond donors (Lipinski definition) is 1. The predicted molar refractivity (Wildman–Crippen MR) is 98.5 cm³/mol. The third-order valence-corrected chi connectivity index (χ3v) is 4.09. The summed E-state index contributed by atoms with van der Waals surface area (Å²) >= 11 is 6.07. The van der Waals surface area contributed by atoms with Crippen molar-refractivity contribution in [3.05, 3.63) is 29.2 Å². The number of fused-ring (bicyclic) bond motifs is 3. The smallest absolute Gasteiger partial charge is 0.414 e. The number of hydrogen-bond acceptors (Lipinski definition) is 3. The Labute approximate surface area is 154 Å². The first-order valence-electron chi connectivity index (χ1n) is 7.98. The van der Waals surface area contributed by atoms with Crippen LogP contribution in [0.25, 0.3) is 21.9 Å². The zero-order valence-electron chi connectivity index (χ0n) is 15.2. The molecule has 0 atom stereocenters. The summed E-state index contributed by atoms with van der Waals surface area (Å²) in [6.07, 6.45) is 1.02. The van der Waals surface area contributed by atoms with Gasteiger partial charge in [-0.25, -0.2) is 19.2 Å². The van der Waals surface area contributed by atoms with E-state index in [1.165, 1.54) is 25.1 Å². The lowest BCUT2D eigenvalue weighted by Gasteiger charge is -2.24. The molecule has 2 aromatic heterocycles. The Morgan fingerprint density at radius 1 is 1.35 bits per heavy atom. The van der Waals surface area contributed by atoms with Gasteiger partial charge in [-0.2, -0.15) is 0 Å². The average molecular weight is 381 g/mol. The van der Waals surface area contributed by atoms with Crippen LogP contribution < -0.4 is 14.6 Å². The topological polar surface area (TPSA) is 68.7 Å². The van der Waals surface area contributed by atoms with Crippen molar-refractivity contribution in [2.24, 2.45) is 0 Å². The highest BCUT2D eigenvalue weighted by Gasteiger charge is 2.28. The van der Waals surface area contributed by atoms with E-state index in [4.69, 9.17) is 21.1 Å². The van der Waals surface area contributed by atoms with Crippen molar-refractivity contribution < 1.29 is 23.6 Å². The number of pyridine rings is 1. The molecular weight excluding hydrogens is 361 g/mol. The van der Waals surface area contributed by atoms with Crippen molar-refractivity contribution in [3.8, 4) is 5.75 Å². The molecule has 0 aliphatic carbocycles. The molecule has 0 aliphatic heterocycles. The molecule has 0 spiro atoms. The summed E-state index contributed by atoms with van der Waals surface area (Å²) in [4.78, 5) is 19.9. The number of carbonyl (C=O) groups is 1. The van der Waals surface area contributed by atoms with Crippen molar-refractivity contribution >= 4 is 45.3 Å². The van der Waals surface area contributed by atoms with E-state index in [2.05, 4.69) is 9.97 Å². The number of amides is 1. The van der Waals surface area contributed by atoms with E-state index in [9.17, 15) is 9.18 Å². The Morgan fingerprint density at radius 2 is 2.04 bits per heavy atom. The van der Waals surface area contributed by atoms with E-state index in [1.807, 2.05) is 0 Å². The van der Waals surface area contributed by atoms with Gasteiger partial charge in [0.15, 0.2) is 17.1 Å². The number of anilines is 1. The largest absolute Gasteiger partial charge is 0.493 e. The van der Waals surface area contributed by atoms with Gasteiger partial charge in [-0.15, -0.1) is 0 Å². The molecule has 3 rings (SSSR count). The van der Waals surface area contributed by atoms with E-state index in [1.54, 1.807) is 33.0 Å². The second-order valence-electron chi connectivity index (χ2n) is 6.93. The Hall–Kier alpha value is -2.54. The number of aromatic nitrogens is 2. The fourth-order valence-electron chi connectivity index (χ4n) is 2.79. The summed E-state index contributed by atoms with van der Waals surface area (Å²) in [6, 6.07) is 2.94. The number of H-pyrrole nitrogens is 2. The highest BCUT2D eigenvalue weighted by Crippen LogP contribution is 2.40. The minimum atomic E-state index is -0.669. The molecule has 0 unspecified atom stereocenters. The van der Waals surface area contributed by atoms with Gasteiger partial charge >= 0.3 is 6.09 Å². The molecule has 8 heteroatoms. The lowest BCUT2D eigenvalue weighted by Crippen LogP contribution is -2.34. The molecular formula is C18H20ClFN3O3+. The molecule has 0 bridgehead atoms. The number of rotatable bonds is 2.